The van der Waals surface area contributed by atoms with Crippen LogP contribution >= 0.6 is 11.6 Å². The number of hydrogen-bond donors (Lipinski definition) is 3. The van der Waals surface area contributed by atoms with Crippen LogP contribution in [-0.4, -0.2) is 29.4 Å². The van der Waals surface area contributed by atoms with Crippen LogP contribution in [-0.2, 0) is 0 Å². The molecular formula is C18H20ClN3O4. The molecule has 0 saturated carbocycles. The number of pyridine rings is 1. The number of rotatable bonds is 3. The molecule has 2 heterocycles. The highest BCUT2D eigenvalue weighted by Crippen LogP contribution is 2.27. The minimum absolute atomic E-state index is 0.0209. The molecular weight excluding hydrogens is 358 g/mol. The van der Waals surface area contributed by atoms with Gasteiger partial charge >= 0.3 is 5.97 Å². The number of carboxylic acids is 1. The van der Waals surface area contributed by atoms with E-state index in [-0.39, 0.29) is 17.0 Å². The van der Waals surface area contributed by atoms with E-state index in [9.17, 15) is 9.59 Å². The second-order valence-corrected chi connectivity index (χ2v) is 5.06. The summed E-state index contributed by atoms with van der Waals surface area (Å²) in [6, 6.07) is 7.86. The Bertz CT molecular complexity index is 876. The maximum Gasteiger partial charge on any atom is 0.335 e. The molecule has 0 aliphatic heterocycles. The van der Waals surface area contributed by atoms with Crippen molar-refractivity contribution in [1.29, 1.82) is 0 Å². The molecule has 0 amide bonds. The zero-order valence-corrected chi connectivity index (χ0v) is 15.4. The summed E-state index contributed by atoms with van der Waals surface area (Å²) >= 11 is 5.58. The molecule has 4 N–H and O–H groups in total. The van der Waals surface area contributed by atoms with E-state index in [1.165, 1.54) is 18.2 Å². The summed E-state index contributed by atoms with van der Waals surface area (Å²) in [5, 5.41) is 12.7. The first-order valence-electron chi connectivity index (χ1n) is 7.76. The van der Waals surface area contributed by atoms with Gasteiger partial charge in [0, 0.05) is 18.6 Å². The quantitative estimate of drug-likeness (QED) is 0.581. The molecule has 0 atom stereocenters. The highest BCUT2D eigenvalue weighted by atomic mass is 35.5. The Morgan fingerprint density at radius 2 is 2.00 bits per heavy atom. The number of aromatic carboxylic acids is 1. The van der Waals surface area contributed by atoms with Gasteiger partial charge in [0.15, 0.2) is 12.0 Å². The largest absolute Gasteiger partial charge is 0.478 e. The third-order valence-corrected chi connectivity index (χ3v) is 3.32. The summed E-state index contributed by atoms with van der Waals surface area (Å²) in [5.74, 6) is -0.197. The van der Waals surface area contributed by atoms with Crippen molar-refractivity contribution in [3.8, 4) is 0 Å². The van der Waals surface area contributed by atoms with Crippen molar-refractivity contribution in [2.45, 2.75) is 13.8 Å². The zero-order chi connectivity index (χ0) is 19.7. The Kier molecular flexibility index (Phi) is 8.11. The van der Waals surface area contributed by atoms with Crippen LogP contribution in [0.2, 0.25) is 5.02 Å². The second-order valence-electron chi connectivity index (χ2n) is 4.63. The van der Waals surface area contributed by atoms with E-state index >= 15 is 0 Å². The predicted molar refractivity (Wildman–Crippen MR) is 103 cm³/mol. The first-order valence-corrected chi connectivity index (χ1v) is 8.14. The Morgan fingerprint density at radius 1 is 1.31 bits per heavy atom. The number of aldehydes is 1. The third-order valence-electron chi connectivity index (χ3n) is 3.09. The molecule has 7 nitrogen and oxygen atoms in total. The number of anilines is 2. The van der Waals surface area contributed by atoms with Crippen LogP contribution in [0, 0.1) is 0 Å². The van der Waals surface area contributed by atoms with Gasteiger partial charge in [-0.1, -0.05) is 25.4 Å². The van der Waals surface area contributed by atoms with E-state index in [1.54, 1.807) is 12.3 Å². The number of halogens is 1. The minimum Gasteiger partial charge on any atom is -0.478 e. The highest BCUT2D eigenvalue weighted by Gasteiger charge is 2.12. The van der Waals surface area contributed by atoms with E-state index in [0.717, 1.165) is 5.82 Å². The maximum atomic E-state index is 10.7. The first kappa shape index (κ1) is 21.0. The summed E-state index contributed by atoms with van der Waals surface area (Å²) in [5.41, 5.74) is 6.28. The molecule has 3 rings (SSSR count). The molecule has 0 unspecified atom stereocenters. The van der Waals surface area contributed by atoms with Gasteiger partial charge in [-0.3, -0.25) is 4.79 Å². The van der Waals surface area contributed by atoms with E-state index in [2.05, 4.69) is 10.3 Å². The Labute approximate surface area is 155 Å². The van der Waals surface area contributed by atoms with Gasteiger partial charge in [0.25, 0.3) is 0 Å². The normalized spacial score (nSPS) is 9.38. The number of nitrogens with two attached hydrogens (primary N) is 1. The van der Waals surface area contributed by atoms with Gasteiger partial charge in [-0.15, -0.1) is 0 Å². The molecule has 26 heavy (non-hydrogen) atoms. The van der Waals surface area contributed by atoms with Gasteiger partial charge in [-0.25, -0.2) is 9.78 Å². The number of fused-ring (bicyclic) bond motifs is 1. The fraction of sp³-hybridized carbons (Fsp3) is 0.167. The molecule has 0 spiro atoms. The summed E-state index contributed by atoms with van der Waals surface area (Å²) in [6.45, 7) is 4.00. The van der Waals surface area contributed by atoms with Gasteiger partial charge in [0.2, 0.25) is 0 Å². The number of hydrogen-bond acceptors (Lipinski definition) is 6. The van der Waals surface area contributed by atoms with Gasteiger partial charge in [-0.2, -0.15) is 0 Å². The lowest BCUT2D eigenvalue weighted by atomic mass is 10.1. The van der Waals surface area contributed by atoms with Crippen LogP contribution in [0.3, 0.4) is 0 Å². The Morgan fingerprint density at radius 3 is 2.50 bits per heavy atom. The Hall–Kier alpha value is -3.06. The molecule has 2 aromatic heterocycles. The van der Waals surface area contributed by atoms with Gasteiger partial charge in [0.1, 0.15) is 11.4 Å². The average Bonchev–Trinajstić information content (AvgIpc) is 3.00. The molecule has 3 aromatic rings. The monoisotopic (exact) mass is 377 g/mol. The number of carbonyl (C=O) groups excluding carboxylic acids is 1. The van der Waals surface area contributed by atoms with Crippen LogP contribution in [0.1, 0.15) is 34.8 Å². The van der Waals surface area contributed by atoms with E-state index in [0.29, 0.717) is 22.3 Å². The van der Waals surface area contributed by atoms with Crippen LogP contribution in [0.5, 0.6) is 0 Å². The molecule has 0 aliphatic rings. The molecule has 0 bridgehead atoms. The lowest BCUT2D eigenvalue weighted by Gasteiger charge is -1.95. The number of carbonyl (C=O) groups is 2. The maximum absolute atomic E-state index is 10.7. The summed E-state index contributed by atoms with van der Waals surface area (Å²) < 4.78 is 5.10. The Balaban J connectivity index is 0.000000263. The molecule has 8 heteroatoms. The average molecular weight is 378 g/mol. The van der Waals surface area contributed by atoms with E-state index in [4.69, 9.17) is 26.9 Å². The fourth-order valence-corrected chi connectivity index (χ4v) is 1.99. The second kappa shape index (κ2) is 10.0. The number of benzene rings is 1. The van der Waals surface area contributed by atoms with Crippen molar-refractivity contribution in [3.63, 3.8) is 0 Å². The van der Waals surface area contributed by atoms with Crippen LogP contribution in [0.25, 0.3) is 11.0 Å². The topological polar surface area (TPSA) is 118 Å². The molecule has 0 radical (unpaired) electrons. The lowest BCUT2D eigenvalue weighted by Crippen LogP contribution is -1.95. The lowest BCUT2D eigenvalue weighted by molar-refractivity contribution is 0.0697. The smallest absolute Gasteiger partial charge is 0.335 e. The third kappa shape index (κ3) is 5.22. The number of furan rings is 1. The van der Waals surface area contributed by atoms with E-state index in [1.807, 2.05) is 27.0 Å². The van der Waals surface area contributed by atoms with Crippen molar-refractivity contribution in [2.75, 3.05) is 18.1 Å². The van der Waals surface area contributed by atoms with Gasteiger partial charge in [0.05, 0.1) is 16.3 Å². The summed E-state index contributed by atoms with van der Waals surface area (Å²) in [7, 11) is 1.82. The standard InChI is InChI=1S/C10H7NO4.C6H7ClN2.C2H6/c11-9-6-3-5(10(13)14)1-2-7(6)15-8(9)4-12;1-8-6-3-2-5(7)4-9-6;1-2/h1-4H,11H2,(H,13,14);2-4H,1H3,(H,8,9);1-2H3. The van der Waals surface area contributed by atoms with E-state index < -0.39 is 5.97 Å². The van der Waals surface area contributed by atoms with Crippen molar-refractivity contribution in [2.24, 2.45) is 0 Å². The molecule has 0 aliphatic carbocycles. The number of nitrogens with zero attached hydrogens (tertiary/aromatic N) is 1. The van der Waals surface area contributed by atoms with Gasteiger partial charge < -0.3 is 20.6 Å². The minimum atomic E-state index is -1.05. The molecule has 0 fully saturated rings. The molecule has 138 valence electrons. The van der Waals surface area contributed by atoms with Crippen LogP contribution in [0.4, 0.5) is 11.5 Å². The zero-order valence-electron chi connectivity index (χ0n) is 14.6. The van der Waals surface area contributed by atoms with Crippen molar-refractivity contribution in [3.05, 3.63) is 52.9 Å². The number of carboxylic acid groups (broad SMARTS) is 1. The number of aromatic nitrogens is 1. The fourth-order valence-electron chi connectivity index (χ4n) is 1.88. The SMILES string of the molecule is CC.CNc1ccc(Cl)cn1.Nc1c(C=O)oc2ccc(C(=O)O)cc12. The molecule has 0 saturated heterocycles. The first-order chi connectivity index (χ1) is 12.5. The number of nitrogens with one attached hydrogen (secondary N) is 1. The highest BCUT2D eigenvalue weighted by molar-refractivity contribution is 6.30. The predicted octanol–water partition coefficient (Wildman–Crippen LogP) is 4.33. The van der Waals surface area contributed by atoms with Crippen LogP contribution < -0.4 is 11.1 Å². The molecule has 1 aromatic carbocycles. The number of nitrogen functional groups attached to an aromatic ring is 1. The van der Waals surface area contributed by atoms with Crippen LogP contribution in [0.15, 0.2) is 40.9 Å². The van der Waals surface area contributed by atoms with Gasteiger partial charge in [-0.05, 0) is 30.3 Å². The van der Waals surface area contributed by atoms with Crippen molar-refractivity contribution >= 4 is 46.3 Å². The summed E-state index contributed by atoms with van der Waals surface area (Å²) in [4.78, 5) is 25.2. The summed E-state index contributed by atoms with van der Waals surface area (Å²) in [6.07, 6.45) is 2.10. The van der Waals surface area contributed by atoms with Crippen molar-refractivity contribution < 1.29 is 19.1 Å². The van der Waals surface area contributed by atoms with Crippen molar-refractivity contribution in [1.82, 2.24) is 4.98 Å².